The van der Waals surface area contributed by atoms with Crippen LogP contribution in [0.25, 0.3) is 16.8 Å². The van der Waals surface area contributed by atoms with Crippen molar-refractivity contribution in [2.24, 2.45) is 0 Å². The van der Waals surface area contributed by atoms with Gasteiger partial charge in [-0.1, -0.05) is 11.6 Å². The lowest BCUT2D eigenvalue weighted by Gasteiger charge is -2.31. The van der Waals surface area contributed by atoms with Gasteiger partial charge < -0.3 is 9.32 Å². The molecule has 4 heterocycles. The molecule has 3 aromatic rings. The third-order valence-corrected chi connectivity index (χ3v) is 5.53. The lowest BCUT2D eigenvalue weighted by molar-refractivity contribution is -0.136. The van der Waals surface area contributed by atoms with Gasteiger partial charge in [-0.05, 0) is 38.8 Å². The van der Waals surface area contributed by atoms with Gasteiger partial charge in [0.05, 0.1) is 18.1 Å². The van der Waals surface area contributed by atoms with Crippen molar-refractivity contribution in [3.05, 3.63) is 47.3 Å². The third kappa shape index (κ3) is 2.96. The van der Waals surface area contributed by atoms with Crippen LogP contribution in [0.15, 0.2) is 35.3 Å². The summed E-state index contributed by atoms with van der Waals surface area (Å²) in [6.07, 6.45) is 1.10. The number of nitrogens with zero attached hydrogens (tertiary/aromatic N) is 3. The molecule has 0 saturated carbocycles. The highest BCUT2D eigenvalue weighted by molar-refractivity contribution is 6.33. The van der Waals surface area contributed by atoms with E-state index in [2.05, 4.69) is 4.98 Å². The Labute approximate surface area is 163 Å². The largest absolute Gasteiger partial charge is 0.472 e. The summed E-state index contributed by atoms with van der Waals surface area (Å²) >= 11 is 6.34. The van der Waals surface area contributed by atoms with Gasteiger partial charge in [-0.25, -0.2) is 4.98 Å². The molecule has 1 aliphatic rings. The molecule has 0 spiro atoms. The average molecular weight is 412 g/mol. The number of imidazole rings is 1. The zero-order valence-electron chi connectivity index (χ0n) is 15.2. The van der Waals surface area contributed by atoms with Crippen LogP contribution in [0.3, 0.4) is 0 Å². The van der Waals surface area contributed by atoms with Crippen LogP contribution in [-0.2, 0) is 6.18 Å². The first kappa shape index (κ1) is 18.9. The molecular weight excluding hydrogens is 395 g/mol. The van der Waals surface area contributed by atoms with Crippen molar-refractivity contribution in [3.8, 4) is 11.1 Å². The fourth-order valence-electron chi connectivity index (χ4n) is 3.66. The van der Waals surface area contributed by atoms with E-state index in [4.69, 9.17) is 16.0 Å². The van der Waals surface area contributed by atoms with E-state index in [9.17, 15) is 18.0 Å². The first-order valence-corrected chi connectivity index (χ1v) is 9.11. The normalized spacial score (nSPS) is 16.9. The van der Waals surface area contributed by atoms with E-state index in [0.29, 0.717) is 12.1 Å². The van der Waals surface area contributed by atoms with E-state index in [1.807, 2.05) is 13.8 Å². The Hall–Kier alpha value is -2.48. The van der Waals surface area contributed by atoms with Gasteiger partial charge in [-0.15, -0.1) is 0 Å². The summed E-state index contributed by atoms with van der Waals surface area (Å²) in [5.74, 6) is -0.464. The number of hydrogen-bond acceptors (Lipinski definition) is 3. The van der Waals surface area contributed by atoms with Crippen molar-refractivity contribution in [2.75, 3.05) is 6.54 Å². The molecule has 0 aliphatic carbocycles. The van der Waals surface area contributed by atoms with Crippen LogP contribution in [0.4, 0.5) is 13.2 Å². The number of fused-ring (bicyclic) bond motifs is 1. The van der Waals surface area contributed by atoms with Crippen molar-refractivity contribution < 1.29 is 22.4 Å². The number of alkyl halides is 3. The minimum atomic E-state index is -4.66. The fraction of sp³-hybridized carbons (Fsp3) is 0.368. The predicted octanol–water partition coefficient (Wildman–Crippen LogP) is 5.28. The Balaban J connectivity index is 1.91. The lowest BCUT2D eigenvalue weighted by Crippen LogP contribution is -2.42. The number of carbonyl (C=O) groups excluding carboxylic acids is 1. The van der Waals surface area contributed by atoms with Gasteiger partial charge in [0.25, 0.3) is 5.91 Å². The summed E-state index contributed by atoms with van der Waals surface area (Å²) in [7, 11) is 0. The summed E-state index contributed by atoms with van der Waals surface area (Å²) in [5.41, 5.74) is -1.21. The van der Waals surface area contributed by atoms with Crippen LogP contribution in [-0.4, -0.2) is 32.3 Å². The van der Waals surface area contributed by atoms with Crippen molar-refractivity contribution >= 4 is 23.2 Å². The topological polar surface area (TPSA) is 50.8 Å². The van der Waals surface area contributed by atoms with E-state index < -0.39 is 28.8 Å². The van der Waals surface area contributed by atoms with Crippen LogP contribution in [0.1, 0.15) is 42.7 Å². The molecule has 0 unspecified atom stereocenters. The SMILES string of the molecule is CC1(C)CCCN1C(=O)c1nc2c(C(F)(F)F)cc(-c3ccoc3)cn2c1Cl. The summed E-state index contributed by atoms with van der Waals surface area (Å²) < 4.78 is 47.2. The fourth-order valence-corrected chi connectivity index (χ4v) is 3.91. The van der Waals surface area contributed by atoms with E-state index in [1.54, 1.807) is 11.0 Å². The van der Waals surface area contributed by atoms with Crippen LogP contribution in [0, 0.1) is 0 Å². The van der Waals surface area contributed by atoms with Crippen LogP contribution < -0.4 is 0 Å². The average Bonchev–Trinajstić information content (AvgIpc) is 3.32. The number of hydrogen-bond donors (Lipinski definition) is 0. The van der Waals surface area contributed by atoms with Crippen molar-refractivity contribution in [1.29, 1.82) is 0 Å². The van der Waals surface area contributed by atoms with E-state index >= 15 is 0 Å². The number of pyridine rings is 1. The molecule has 1 saturated heterocycles. The second-order valence-electron chi connectivity index (χ2n) is 7.47. The monoisotopic (exact) mass is 411 g/mol. The van der Waals surface area contributed by atoms with Crippen molar-refractivity contribution in [1.82, 2.24) is 14.3 Å². The van der Waals surface area contributed by atoms with Crippen molar-refractivity contribution in [2.45, 2.75) is 38.4 Å². The van der Waals surface area contributed by atoms with Gasteiger partial charge >= 0.3 is 6.18 Å². The number of likely N-dealkylation sites (tertiary alicyclic amines) is 1. The quantitative estimate of drug-likeness (QED) is 0.576. The maximum absolute atomic E-state index is 13.7. The van der Waals surface area contributed by atoms with Gasteiger partial charge in [0.1, 0.15) is 5.15 Å². The summed E-state index contributed by atoms with van der Waals surface area (Å²) in [5, 5.41) is -0.140. The highest BCUT2D eigenvalue weighted by atomic mass is 35.5. The van der Waals surface area contributed by atoms with Crippen molar-refractivity contribution in [3.63, 3.8) is 0 Å². The zero-order chi connectivity index (χ0) is 20.3. The molecule has 28 heavy (non-hydrogen) atoms. The minimum Gasteiger partial charge on any atom is -0.472 e. The minimum absolute atomic E-state index is 0.140. The highest BCUT2D eigenvalue weighted by Crippen LogP contribution is 2.38. The maximum atomic E-state index is 13.7. The molecule has 0 atom stereocenters. The molecule has 0 bridgehead atoms. The predicted molar refractivity (Wildman–Crippen MR) is 97.3 cm³/mol. The van der Waals surface area contributed by atoms with Gasteiger partial charge in [0, 0.05) is 29.4 Å². The first-order valence-electron chi connectivity index (χ1n) is 8.73. The van der Waals surface area contributed by atoms with E-state index in [0.717, 1.165) is 23.3 Å². The second kappa shape index (κ2) is 6.27. The standard InChI is InChI=1S/C19H17ClF3N3O2/c1-18(2)5-3-6-26(18)17(27)14-15(20)25-9-12(11-4-7-28-10-11)8-13(16(25)24-14)19(21,22)23/h4,7-10H,3,5-6H2,1-2H3. The van der Waals surface area contributed by atoms with Gasteiger partial charge in [-0.2, -0.15) is 13.2 Å². The molecule has 0 N–H and O–H groups in total. The molecule has 9 heteroatoms. The number of halogens is 4. The summed E-state index contributed by atoms with van der Waals surface area (Å²) in [4.78, 5) is 18.6. The van der Waals surface area contributed by atoms with Gasteiger partial charge in [0.2, 0.25) is 0 Å². The molecule has 0 aromatic carbocycles. The smallest absolute Gasteiger partial charge is 0.420 e. The van der Waals surface area contributed by atoms with Crippen LogP contribution in [0.2, 0.25) is 5.15 Å². The molecule has 5 nitrogen and oxygen atoms in total. The first-order chi connectivity index (χ1) is 13.1. The molecule has 1 amide bonds. The Morgan fingerprint density at radius 3 is 2.64 bits per heavy atom. The van der Waals surface area contributed by atoms with E-state index in [-0.39, 0.29) is 16.4 Å². The molecule has 148 valence electrons. The maximum Gasteiger partial charge on any atom is 0.420 e. The summed E-state index contributed by atoms with van der Waals surface area (Å²) in [6.45, 7) is 4.35. The molecule has 1 fully saturated rings. The lowest BCUT2D eigenvalue weighted by atomic mass is 10.0. The number of aromatic nitrogens is 2. The number of furan rings is 1. The Morgan fingerprint density at radius 1 is 1.32 bits per heavy atom. The summed E-state index contributed by atoms with van der Waals surface area (Å²) in [6, 6.07) is 2.53. The second-order valence-corrected chi connectivity index (χ2v) is 7.83. The number of rotatable bonds is 2. The number of amides is 1. The molecule has 1 aliphatic heterocycles. The van der Waals surface area contributed by atoms with Crippen LogP contribution in [0.5, 0.6) is 0 Å². The Morgan fingerprint density at radius 2 is 2.07 bits per heavy atom. The Kier molecular flexibility index (Phi) is 4.22. The van der Waals surface area contributed by atoms with Crippen LogP contribution >= 0.6 is 11.6 Å². The molecule has 0 radical (unpaired) electrons. The highest BCUT2D eigenvalue weighted by Gasteiger charge is 2.40. The Bertz CT molecular complexity index is 1050. The molecular formula is C19H17ClF3N3O2. The number of carbonyl (C=O) groups is 1. The van der Waals surface area contributed by atoms with Gasteiger partial charge in [0.15, 0.2) is 11.3 Å². The van der Waals surface area contributed by atoms with Gasteiger partial charge in [-0.3, -0.25) is 9.20 Å². The molecule has 4 rings (SSSR count). The van der Waals surface area contributed by atoms with E-state index in [1.165, 1.54) is 18.7 Å². The zero-order valence-corrected chi connectivity index (χ0v) is 15.9. The third-order valence-electron chi connectivity index (χ3n) is 5.17. The molecule has 3 aromatic heterocycles.